The van der Waals surface area contributed by atoms with Crippen LogP contribution in [-0.2, 0) is 4.79 Å². The minimum atomic E-state index is 0.103. The Morgan fingerprint density at radius 2 is 1.70 bits per heavy atom. The van der Waals surface area contributed by atoms with Crippen LogP contribution >= 0.6 is 11.8 Å². The Labute approximate surface area is 196 Å². The zero-order chi connectivity index (χ0) is 22.5. The van der Waals surface area contributed by atoms with Gasteiger partial charge in [-0.25, -0.2) is 4.98 Å². The van der Waals surface area contributed by atoms with Crippen LogP contribution in [0.4, 0.5) is 5.82 Å². The Morgan fingerprint density at radius 3 is 2.42 bits per heavy atom. The number of pyridine rings is 2. The van der Waals surface area contributed by atoms with Crippen LogP contribution in [0.5, 0.6) is 0 Å². The van der Waals surface area contributed by atoms with E-state index in [0.717, 1.165) is 30.2 Å². The van der Waals surface area contributed by atoms with E-state index in [-0.39, 0.29) is 5.91 Å². The van der Waals surface area contributed by atoms with Crippen molar-refractivity contribution in [3.8, 4) is 17.1 Å². The van der Waals surface area contributed by atoms with Gasteiger partial charge in [0, 0.05) is 56.0 Å². The molecular weight excluding hydrogens is 434 g/mol. The summed E-state index contributed by atoms with van der Waals surface area (Å²) >= 11 is 1.41. The predicted octanol–water partition coefficient (Wildman–Crippen LogP) is 3.17. The molecule has 0 atom stereocenters. The molecule has 0 aliphatic carbocycles. The van der Waals surface area contributed by atoms with Crippen molar-refractivity contribution in [1.82, 2.24) is 29.6 Å². The first-order chi connectivity index (χ1) is 16.3. The van der Waals surface area contributed by atoms with E-state index in [2.05, 4.69) is 25.1 Å². The molecule has 166 valence electrons. The zero-order valence-electron chi connectivity index (χ0n) is 18.0. The van der Waals surface area contributed by atoms with Gasteiger partial charge < -0.3 is 9.80 Å². The third kappa shape index (κ3) is 4.73. The molecule has 0 saturated carbocycles. The molecular formula is C24H23N7OS. The van der Waals surface area contributed by atoms with Gasteiger partial charge in [0.05, 0.1) is 5.75 Å². The first-order valence-corrected chi connectivity index (χ1v) is 11.8. The lowest BCUT2D eigenvalue weighted by atomic mass is 10.2. The van der Waals surface area contributed by atoms with E-state index >= 15 is 0 Å². The van der Waals surface area contributed by atoms with Gasteiger partial charge in [-0.2, -0.15) is 0 Å². The molecule has 1 saturated heterocycles. The number of benzene rings is 1. The first-order valence-electron chi connectivity index (χ1n) is 10.8. The highest BCUT2D eigenvalue weighted by molar-refractivity contribution is 7.99. The third-order valence-corrected chi connectivity index (χ3v) is 6.41. The monoisotopic (exact) mass is 457 g/mol. The normalized spacial score (nSPS) is 13.8. The van der Waals surface area contributed by atoms with Crippen LogP contribution < -0.4 is 4.90 Å². The Kier molecular flexibility index (Phi) is 6.30. The second-order valence-corrected chi connectivity index (χ2v) is 8.51. The highest BCUT2D eigenvalue weighted by atomic mass is 32.2. The minimum Gasteiger partial charge on any atom is -0.353 e. The van der Waals surface area contributed by atoms with Gasteiger partial charge in [-0.15, -0.1) is 10.2 Å². The van der Waals surface area contributed by atoms with Crippen LogP contribution in [0.3, 0.4) is 0 Å². The summed E-state index contributed by atoms with van der Waals surface area (Å²) in [4.78, 5) is 25.7. The van der Waals surface area contributed by atoms with E-state index in [1.165, 1.54) is 11.8 Å². The maximum atomic E-state index is 12.9. The Hall–Kier alpha value is -3.72. The van der Waals surface area contributed by atoms with E-state index in [4.69, 9.17) is 0 Å². The van der Waals surface area contributed by atoms with Crippen molar-refractivity contribution in [2.24, 2.45) is 0 Å². The van der Waals surface area contributed by atoms with E-state index in [1.807, 2.05) is 70.1 Å². The number of rotatable bonds is 6. The lowest BCUT2D eigenvalue weighted by molar-refractivity contribution is -0.128. The molecule has 1 amide bonds. The summed E-state index contributed by atoms with van der Waals surface area (Å²) in [5.41, 5.74) is 1.82. The maximum Gasteiger partial charge on any atom is 0.233 e. The van der Waals surface area contributed by atoms with E-state index < -0.39 is 0 Å². The van der Waals surface area contributed by atoms with Crippen LogP contribution in [0.25, 0.3) is 17.1 Å². The summed E-state index contributed by atoms with van der Waals surface area (Å²) in [6.45, 7) is 2.92. The van der Waals surface area contributed by atoms with Crippen molar-refractivity contribution in [2.75, 3.05) is 36.8 Å². The first kappa shape index (κ1) is 21.1. The largest absolute Gasteiger partial charge is 0.353 e. The van der Waals surface area contributed by atoms with Crippen LogP contribution in [0.1, 0.15) is 0 Å². The second kappa shape index (κ2) is 9.83. The minimum absolute atomic E-state index is 0.103. The van der Waals surface area contributed by atoms with Crippen molar-refractivity contribution < 1.29 is 4.79 Å². The fraction of sp³-hybridized carbons (Fsp3) is 0.208. The highest BCUT2D eigenvalue weighted by Gasteiger charge is 2.23. The summed E-state index contributed by atoms with van der Waals surface area (Å²) in [5, 5.41) is 9.49. The van der Waals surface area contributed by atoms with Gasteiger partial charge in [-0.1, -0.05) is 36.0 Å². The van der Waals surface area contributed by atoms with Crippen molar-refractivity contribution in [1.29, 1.82) is 0 Å². The molecule has 5 rings (SSSR count). The molecule has 4 heterocycles. The van der Waals surface area contributed by atoms with Gasteiger partial charge in [0.2, 0.25) is 5.91 Å². The molecule has 3 aromatic heterocycles. The number of amides is 1. The van der Waals surface area contributed by atoms with Crippen molar-refractivity contribution >= 4 is 23.5 Å². The van der Waals surface area contributed by atoms with E-state index in [0.29, 0.717) is 29.8 Å². The smallest absolute Gasteiger partial charge is 0.233 e. The molecule has 1 aromatic carbocycles. The molecule has 0 spiro atoms. The molecule has 33 heavy (non-hydrogen) atoms. The number of carbonyl (C=O) groups excluding carboxylic acids is 1. The highest BCUT2D eigenvalue weighted by Crippen LogP contribution is 2.27. The van der Waals surface area contributed by atoms with Gasteiger partial charge in [0.25, 0.3) is 0 Å². The predicted molar refractivity (Wildman–Crippen MR) is 128 cm³/mol. The number of carbonyl (C=O) groups is 1. The molecule has 4 aromatic rings. The topological polar surface area (TPSA) is 80.0 Å². The summed E-state index contributed by atoms with van der Waals surface area (Å²) in [7, 11) is 0. The number of hydrogen-bond acceptors (Lipinski definition) is 7. The Bertz CT molecular complexity index is 1190. The van der Waals surface area contributed by atoms with Gasteiger partial charge in [-0.05, 0) is 36.4 Å². The summed E-state index contributed by atoms with van der Waals surface area (Å²) in [6.07, 6.45) is 5.30. The van der Waals surface area contributed by atoms with Gasteiger partial charge in [0.15, 0.2) is 11.0 Å². The summed E-state index contributed by atoms with van der Waals surface area (Å²) in [6, 6.07) is 19.7. The number of nitrogens with zero attached hydrogens (tertiary/aromatic N) is 7. The molecule has 1 aliphatic heterocycles. The molecule has 0 radical (unpaired) electrons. The van der Waals surface area contributed by atoms with E-state index in [1.54, 1.807) is 18.6 Å². The second-order valence-electron chi connectivity index (χ2n) is 7.56. The van der Waals surface area contributed by atoms with Gasteiger partial charge in [0.1, 0.15) is 5.82 Å². The van der Waals surface area contributed by atoms with Crippen molar-refractivity contribution in [3.63, 3.8) is 0 Å². The molecule has 9 heteroatoms. The number of hydrogen-bond donors (Lipinski definition) is 0. The fourth-order valence-corrected chi connectivity index (χ4v) is 4.65. The van der Waals surface area contributed by atoms with Crippen molar-refractivity contribution in [3.05, 3.63) is 79.3 Å². The van der Waals surface area contributed by atoms with Gasteiger partial charge >= 0.3 is 0 Å². The maximum absolute atomic E-state index is 12.9. The lowest BCUT2D eigenvalue weighted by Crippen LogP contribution is -2.49. The standard InChI is InChI=1S/C24H23N7OS/c32-22(30-15-13-29(14-16-30)21-10-4-5-12-26-21)18-33-24-28-27-23(19-7-6-11-25-17-19)31(24)20-8-2-1-3-9-20/h1-12,17H,13-16,18H2. The molecule has 8 nitrogen and oxygen atoms in total. The number of piperazine rings is 1. The average molecular weight is 458 g/mol. The summed E-state index contributed by atoms with van der Waals surface area (Å²) in [5.74, 6) is 2.07. The molecule has 0 bridgehead atoms. The van der Waals surface area contributed by atoms with E-state index in [9.17, 15) is 4.79 Å². The molecule has 1 fully saturated rings. The Balaban J connectivity index is 1.28. The number of aromatic nitrogens is 5. The number of thioether (sulfide) groups is 1. The quantitative estimate of drug-likeness (QED) is 0.412. The van der Waals surface area contributed by atoms with Crippen LogP contribution in [-0.4, -0.2) is 67.5 Å². The molecule has 0 N–H and O–H groups in total. The number of anilines is 1. The lowest BCUT2D eigenvalue weighted by Gasteiger charge is -2.35. The molecule has 1 aliphatic rings. The van der Waals surface area contributed by atoms with Gasteiger partial charge in [-0.3, -0.25) is 14.3 Å². The van der Waals surface area contributed by atoms with Crippen LogP contribution in [0.2, 0.25) is 0 Å². The molecule has 0 unspecified atom stereocenters. The fourth-order valence-electron chi connectivity index (χ4n) is 3.80. The van der Waals surface area contributed by atoms with Crippen molar-refractivity contribution in [2.45, 2.75) is 5.16 Å². The van der Waals surface area contributed by atoms with Crippen LogP contribution in [0.15, 0.2) is 84.4 Å². The zero-order valence-corrected chi connectivity index (χ0v) is 18.8. The summed E-state index contributed by atoms with van der Waals surface area (Å²) < 4.78 is 1.98. The van der Waals surface area contributed by atoms with Crippen LogP contribution in [0, 0.1) is 0 Å². The number of para-hydroxylation sites is 1. The Morgan fingerprint density at radius 1 is 0.879 bits per heavy atom. The third-order valence-electron chi connectivity index (χ3n) is 5.50. The SMILES string of the molecule is O=C(CSc1nnc(-c2cccnc2)n1-c1ccccc1)N1CCN(c2ccccn2)CC1. The average Bonchev–Trinajstić information content (AvgIpc) is 3.33.